The molecule has 0 fully saturated rings. The molecular weight excluding hydrogens is 465 g/mol. The van der Waals surface area contributed by atoms with Crippen LogP contribution < -0.4 is 4.72 Å². The Kier molecular flexibility index (Phi) is 5.65. The lowest BCUT2D eigenvalue weighted by Gasteiger charge is -2.11. The van der Waals surface area contributed by atoms with Crippen molar-refractivity contribution in [2.45, 2.75) is 4.90 Å². The van der Waals surface area contributed by atoms with E-state index in [1.54, 1.807) is 36.9 Å². The zero-order valence-corrected chi connectivity index (χ0v) is 18.9. The third-order valence-corrected chi connectivity index (χ3v) is 6.80. The minimum Gasteiger partial charge on any atom is -0.278 e. The van der Waals surface area contributed by atoms with Gasteiger partial charge in [0.2, 0.25) is 0 Å². The fraction of sp³-hybridized carbons (Fsp3) is 0. The summed E-state index contributed by atoms with van der Waals surface area (Å²) in [5.41, 5.74) is 4.20. The Morgan fingerprint density at radius 3 is 2.46 bits per heavy atom. The average molecular weight is 482 g/mol. The molecule has 170 valence electrons. The molecule has 7 nitrogen and oxygen atoms in total. The smallest absolute Gasteiger partial charge is 0.261 e. The Morgan fingerprint density at radius 1 is 0.829 bits per heavy atom. The fourth-order valence-electron chi connectivity index (χ4n) is 3.73. The zero-order valence-electron chi connectivity index (χ0n) is 18.1. The summed E-state index contributed by atoms with van der Waals surface area (Å²) >= 11 is 0. The van der Waals surface area contributed by atoms with Crippen LogP contribution in [-0.4, -0.2) is 23.4 Å². The lowest BCUT2D eigenvalue weighted by molar-refractivity contribution is 0.599. The maximum atomic E-state index is 13.6. The minimum absolute atomic E-state index is 0.223. The number of anilines is 1. The van der Waals surface area contributed by atoms with Crippen LogP contribution in [0.4, 0.5) is 10.1 Å². The molecule has 1 N–H and O–H groups in total. The van der Waals surface area contributed by atoms with E-state index < -0.39 is 15.8 Å². The second-order valence-electron chi connectivity index (χ2n) is 7.65. The summed E-state index contributed by atoms with van der Waals surface area (Å²) in [4.78, 5) is 12.5. The first kappa shape index (κ1) is 22.1. The lowest BCUT2D eigenvalue weighted by Crippen LogP contribution is -2.13. The topological polar surface area (TPSA) is 109 Å². The standard InChI is InChI=1S/C26H16FN5O2S/c27-25-3-2-22(12-19(25)14-28)35(33,34)32-21-11-20(15-30-16-21)18-1-4-26-24(13-18)23(7-10-31-26)17-5-8-29-9-6-17/h1-13,15-16,32H. The minimum atomic E-state index is -4.06. The van der Waals surface area contributed by atoms with Gasteiger partial charge in [0, 0.05) is 35.7 Å². The average Bonchev–Trinajstić information content (AvgIpc) is 2.88. The number of nitrogens with zero attached hydrogens (tertiary/aromatic N) is 4. The Bertz CT molecular complexity index is 1720. The SMILES string of the molecule is N#Cc1cc(S(=O)(=O)Nc2cncc(-c3ccc4nccc(-c5ccncc5)c4c3)c2)ccc1F. The van der Waals surface area contributed by atoms with Crippen LogP contribution in [-0.2, 0) is 10.0 Å². The molecule has 5 aromatic rings. The molecule has 0 saturated heterocycles. The van der Waals surface area contributed by atoms with Crippen molar-refractivity contribution in [1.82, 2.24) is 15.0 Å². The van der Waals surface area contributed by atoms with Crippen molar-refractivity contribution in [3.63, 3.8) is 0 Å². The number of rotatable bonds is 5. The van der Waals surface area contributed by atoms with Crippen molar-refractivity contribution in [1.29, 1.82) is 5.26 Å². The highest BCUT2D eigenvalue weighted by atomic mass is 32.2. The summed E-state index contributed by atoms with van der Waals surface area (Å²) in [6.45, 7) is 0. The Morgan fingerprint density at radius 2 is 1.66 bits per heavy atom. The molecule has 0 unspecified atom stereocenters. The van der Waals surface area contributed by atoms with Crippen LogP contribution in [0.3, 0.4) is 0 Å². The summed E-state index contributed by atoms with van der Waals surface area (Å²) in [5, 5.41) is 9.93. The van der Waals surface area contributed by atoms with Crippen molar-refractivity contribution in [3.05, 3.63) is 103 Å². The van der Waals surface area contributed by atoms with Crippen molar-refractivity contribution < 1.29 is 12.8 Å². The van der Waals surface area contributed by atoms with Crippen molar-refractivity contribution >= 4 is 26.6 Å². The molecule has 0 saturated carbocycles. The molecule has 0 aliphatic heterocycles. The Hall–Kier alpha value is -4.68. The molecule has 0 amide bonds. The normalized spacial score (nSPS) is 11.2. The van der Waals surface area contributed by atoms with E-state index >= 15 is 0 Å². The number of aromatic nitrogens is 3. The summed E-state index contributed by atoms with van der Waals surface area (Å²) < 4.78 is 41.7. The first-order valence-corrected chi connectivity index (χ1v) is 11.9. The van der Waals surface area contributed by atoms with E-state index in [4.69, 9.17) is 5.26 Å². The van der Waals surface area contributed by atoms with E-state index in [-0.39, 0.29) is 16.1 Å². The highest BCUT2D eigenvalue weighted by Crippen LogP contribution is 2.31. The summed E-state index contributed by atoms with van der Waals surface area (Å²) in [6, 6.07) is 17.9. The third kappa shape index (κ3) is 4.43. The Labute approximate surface area is 200 Å². The number of fused-ring (bicyclic) bond motifs is 1. The van der Waals surface area contributed by atoms with Crippen LogP contribution in [0.5, 0.6) is 0 Å². The fourth-order valence-corrected chi connectivity index (χ4v) is 4.79. The first-order valence-electron chi connectivity index (χ1n) is 10.4. The van der Waals surface area contributed by atoms with Gasteiger partial charge in [-0.2, -0.15) is 5.26 Å². The van der Waals surface area contributed by atoms with Gasteiger partial charge in [-0.15, -0.1) is 0 Å². The molecule has 3 heterocycles. The highest BCUT2D eigenvalue weighted by molar-refractivity contribution is 7.92. The van der Waals surface area contributed by atoms with E-state index in [2.05, 4.69) is 19.7 Å². The maximum Gasteiger partial charge on any atom is 0.261 e. The van der Waals surface area contributed by atoms with Gasteiger partial charge in [0.25, 0.3) is 10.0 Å². The van der Waals surface area contributed by atoms with Crippen LogP contribution >= 0.6 is 0 Å². The molecule has 0 aliphatic carbocycles. The van der Waals surface area contributed by atoms with Gasteiger partial charge in [-0.1, -0.05) is 6.07 Å². The molecule has 0 bridgehead atoms. The zero-order chi connectivity index (χ0) is 24.4. The van der Waals surface area contributed by atoms with Crippen LogP contribution in [0.2, 0.25) is 0 Å². The largest absolute Gasteiger partial charge is 0.278 e. The molecule has 9 heteroatoms. The number of hydrogen-bond donors (Lipinski definition) is 1. The molecule has 35 heavy (non-hydrogen) atoms. The Balaban J connectivity index is 1.52. The summed E-state index contributed by atoms with van der Waals surface area (Å²) in [6.07, 6.45) is 8.22. The maximum absolute atomic E-state index is 13.6. The summed E-state index contributed by atoms with van der Waals surface area (Å²) in [5.74, 6) is -0.785. The second-order valence-corrected chi connectivity index (χ2v) is 9.33. The van der Waals surface area contributed by atoms with Crippen molar-refractivity contribution in [2.24, 2.45) is 0 Å². The van der Waals surface area contributed by atoms with E-state index in [1.165, 1.54) is 6.20 Å². The van der Waals surface area contributed by atoms with Crippen LogP contribution in [0, 0.1) is 17.1 Å². The monoisotopic (exact) mass is 481 g/mol. The molecule has 0 aliphatic rings. The van der Waals surface area contributed by atoms with Gasteiger partial charge in [0.15, 0.2) is 0 Å². The molecule has 0 radical (unpaired) electrons. The van der Waals surface area contributed by atoms with Gasteiger partial charge >= 0.3 is 0 Å². The van der Waals surface area contributed by atoms with Crippen LogP contribution in [0.15, 0.2) is 96.5 Å². The van der Waals surface area contributed by atoms with E-state index in [9.17, 15) is 12.8 Å². The molecule has 2 aromatic carbocycles. The van der Waals surface area contributed by atoms with Gasteiger partial charge in [-0.3, -0.25) is 19.7 Å². The molecule has 0 spiro atoms. The van der Waals surface area contributed by atoms with Gasteiger partial charge < -0.3 is 0 Å². The number of nitriles is 1. The highest BCUT2D eigenvalue weighted by Gasteiger charge is 2.17. The first-order chi connectivity index (χ1) is 16.9. The molecular formula is C26H16FN5O2S. The van der Waals surface area contributed by atoms with Crippen LogP contribution in [0.25, 0.3) is 33.2 Å². The predicted molar refractivity (Wildman–Crippen MR) is 130 cm³/mol. The quantitative estimate of drug-likeness (QED) is 0.371. The van der Waals surface area contributed by atoms with Crippen molar-refractivity contribution in [3.8, 4) is 28.3 Å². The third-order valence-electron chi connectivity index (χ3n) is 5.43. The van der Waals surface area contributed by atoms with E-state index in [1.807, 2.05) is 36.4 Å². The van der Waals surface area contributed by atoms with Gasteiger partial charge in [-0.25, -0.2) is 12.8 Å². The van der Waals surface area contributed by atoms with Gasteiger partial charge in [0.05, 0.1) is 27.9 Å². The van der Waals surface area contributed by atoms with E-state index in [0.717, 1.165) is 45.8 Å². The lowest BCUT2D eigenvalue weighted by atomic mass is 9.98. The van der Waals surface area contributed by atoms with Crippen molar-refractivity contribution in [2.75, 3.05) is 4.72 Å². The molecule has 0 atom stereocenters. The van der Waals surface area contributed by atoms with Gasteiger partial charge in [-0.05, 0) is 71.3 Å². The van der Waals surface area contributed by atoms with Crippen LogP contribution in [0.1, 0.15) is 5.56 Å². The summed E-state index contributed by atoms with van der Waals surface area (Å²) in [7, 11) is -4.06. The van der Waals surface area contributed by atoms with Gasteiger partial charge in [0.1, 0.15) is 11.9 Å². The number of halogens is 1. The molecule has 3 aromatic heterocycles. The number of nitrogens with one attached hydrogen (secondary N) is 1. The molecule has 5 rings (SSSR count). The second kappa shape index (κ2) is 8.93. The van der Waals surface area contributed by atoms with E-state index in [0.29, 0.717) is 5.56 Å². The number of benzene rings is 2. The number of sulfonamides is 1. The number of pyridine rings is 3. The number of hydrogen-bond acceptors (Lipinski definition) is 6. The predicted octanol–water partition coefficient (Wildman–Crippen LogP) is 5.17.